The van der Waals surface area contributed by atoms with Crippen molar-refractivity contribution in [2.75, 3.05) is 4.90 Å². The molecule has 0 spiro atoms. The Bertz CT molecular complexity index is 3120. The first-order valence-electron chi connectivity index (χ1n) is 19.2. The van der Waals surface area contributed by atoms with E-state index < -0.39 is 0 Å². The molecule has 268 valence electrons. The van der Waals surface area contributed by atoms with E-state index in [1.807, 2.05) is 0 Å². The third-order valence-electron chi connectivity index (χ3n) is 11.1. The summed E-state index contributed by atoms with van der Waals surface area (Å²) in [6.07, 6.45) is 0. The molecular formula is C52H34N4S. The lowest BCUT2D eigenvalue weighted by molar-refractivity contribution is 1.18. The summed E-state index contributed by atoms with van der Waals surface area (Å²) < 4.78 is 12.2. The minimum Gasteiger partial charge on any atom is -0.309 e. The van der Waals surface area contributed by atoms with Crippen LogP contribution in [0.2, 0.25) is 0 Å². The monoisotopic (exact) mass is 746 g/mol. The fourth-order valence-electron chi connectivity index (χ4n) is 8.28. The number of benzene rings is 9. The summed E-state index contributed by atoms with van der Waals surface area (Å²) in [6.45, 7) is 0. The molecule has 0 aliphatic heterocycles. The van der Waals surface area contributed by atoms with E-state index in [1.165, 1.54) is 66.6 Å². The molecule has 2 heterocycles. The first-order valence-corrected chi connectivity index (χ1v) is 19.9. The lowest BCUT2D eigenvalue weighted by Crippen LogP contribution is -2.10. The van der Waals surface area contributed by atoms with E-state index in [4.69, 9.17) is 8.75 Å². The number of rotatable bonds is 7. The van der Waals surface area contributed by atoms with Crippen LogP contribution in [0.3, 0.4) is 0 Å². The van der Waals surface area contributed by atoms with Crippen molar-refractivity contribution in [2.24, 2.45) is 0 Å². The molecule has 11 aromatic rings. The highest BCUT2D eigenvalue weighted by molar-refractivity contribution is 7.00. The maximum Gasteiger partial charge on any atom is 0.129 e. The highest BCUT2D eigenvalue weighted by Gasteiger charge is 2.21. The summed E-state index contributed by atoms with van der Waals surface area (Å²) in [5, 5.41) is 4.99. The van der Waals surface area contributed by atoms with Crippen molar-refractivity contribution in [3.63, 3.8) is 0 Å². The van der Waals surface area contributed by atoms with Gasteiger partial charge >= 0.3 is 0 Å². The van der Waals surface area contributed by atoms with Gasteiger partial charge in [-0.2, -0.15) is 8.75 Å². The molecule has 0 saturated heterocycles. The molecule has 5 heteroatoms. The van der Waals surface area contributed by atoms with Crippen molar-refractivity contribution in [2.45, 2.75) is 0 Å². The Labute approximate surface area is 334 Å². The topological polar surface area (TPSA) is 34.0 Å². The van der Waals surface area contributed by atoms with Gasteiger partial charge in [0.1, 0.15) is 11.0 Å². The summed E-state index contributed by atoms with van der Waals surface area (Å²) in [5.74, 6) is 0. The molecule has 0 amide bonds. The summed E-state index contributed by atoms with van der Waals surface area (Å²) >= 11 is 1.26. The van der Waals surface area contributed by atoms with Crippen LogP contribution in [-0.4, -0.2) is 13.3 Å². The van der Waals surface area contributed by atoms with Gasteiger partial charge in [0.25, 0.3) is 0 Å². The van der Waals surface area contributed by atoms with Crippen LogP contribution >= 0.6 is 11.7 Å². The first kappa shape index (κ1) is 33.0. The van der Waals surface area contributed by atoms with E-state index in [9.17, 15) is 0 Å². The normalized spacial score (nSPS) is 11.5. The van der Waals surface area contributed by atoms with Gasteiger partial charge < -0.3 is 9.47 Å². The van der Waals surface area contributed by atoms with Gasteiger partial charge in [-0.05, 0) is 105 Å². The Morgan fingerprint density at radius 3 is 1.56 bits per heavy atom. The molecule has 0 aliphatic rings. The first-order chi connectivity index (χ1) is 28.3. The van der Waals surface area contributed by atoms with Crippen molar-refractivity contribution in [1.82, 2.24) is 13.3 Å². The fraction of sp³-hybridized carbons (Fsp3) is 0. The van der Waals surface area contributed by atoms with E-state index in [2.05, 4.69) is 216 Å². The molecule has 0 bridgehead atoms. The van der Waals surface area contributed by atoms with Gasteiger partial charge in [0.05, 0.1) is 28.4 Å². The Hall–Kier alpha value is -7.34. The second-order valence-corrected chi connectivity index (χ2v) is 14.9. The number of anilines is 3. The van der Waals surface area contributed by atoms with E-state index in [-0.39, 0.29) is 0 Å². The number of para-hydroxylation sites is 1. The molecule has 0 N–H and O–H groups in total. The predicted molar refractivity (Wildman–Crippen MR) is 240 cm³/mol. The Morgan fingerprint density at radius 2 is 0.912 bits per heavy atom. The van der Waals surface area contributed by atoms with Crippen LogP contribution in [0.1, 0.15) is 0 Å². The van der Waals surface area contributed by atoms with Crippen molar-refractivity contribution in [1.29, 1.82) is 0 Å². The smallest absolute Gasteiger partial charge is 0.129 e. The molecular weight excluding hydrogens is 713 g/mol. The van der Waals surface area contributed by atoms with Crippen LogP contribution in [0.25, 0.3) is 82.7 Å². The molecule has 4 nitrogen and oxygen atoms in total. The lowest BCUT2D eigenvalue weighted by Gasteiger charge is -2.26. The summed E-state index contributed by atoms with van der Waals surface area (Å²) in [7, 11) is 0. The molecule has 0 unspecified atom stereocenters. The molecule has 57 heavy (non-hydrogen) atoms. The highest BCUT2D eigenvalue weighted by atomic mass is 32.1. The number of nitrogens with zero attached hydrogens (tertiary/aromatic N) is 4. The van der Waals surface area contributed by atoms with E-state index in [1.54, 1.807) is 0 Å². The molecule has 0 aliphatic carbocycles. The van der Waals surface area contributed by atoms with E-state index >= 15 is 0 Å². The van der Waals surface area contributed by atoms with E-state index in [0.717, 1.165) is 44.9 Å². The van der Waals surface area contributed by atoms with Gasteiger partial charge in [0.2, 0.25) is 0 Å². The molecule has 0 saturated carbocycles. The minimum absolute atomic E-state index is 0.870. The fourth-order valence-corrected chi connectivity index (χ4v) is 8.85. The van der Waals surface area contributed by atoms with Crippen LogP contribution in [0.15, 0.2) is 206 Å². The van der Waals surface area contributed by atoms with Gasteiger partial charge in [-0.3, -0.25) is 0 Å². The Kier molecular flexibility index (Phi) is 7.97. The molecule has 0 radical (unpaired) electrons. The SMILES string of the molecule is c1ccc(-c2ccc(N(c3ccc(-c4ccccc4)cc3)c3ccc(-c4ccc(-n5c6ccccc6c6cc7ccccc7cc65)cc4)c4nsnc34)cc2)cc1. The zero-order valence-electron chi connectivity index (χ0n) is 30.8. The quantitative estimate of drug-likeness (QED) is 0.163. The average molecular weight is 747 g/mol. The zero-order valence-corrected chi connectivity index (χ0v) is 31.6. The van der Waals surface area contributed by atoms with Crippen LogP contribution in [0.5, 0.6) is 0 Å². The predicted octanol–water partition coefficient (Wildman–Crippen LogP) is 14.4. The molecule has 2 aromatic heterocycles. The summed E-state index contributed by atoms with van der Waals surface area (Å²) in [6, 6.07) is 73.8. The minimum atomic E-state index is 0.870. The van der Waals surface area contributed by atoms with Crippen molar-refractivity contribution in [3.8, 4) is 39.1 Å². The molecule has 9 aromatic carbocycles. The van der Waals surface area contributed by atoms with Crippen LogP contribution in [-0.2, 0) is 0 Å². The van der Waals surface area contributed by atoms with Crippen molar-refractivity contribution < 1.29 is 0 Å². The molecule has 11 rings (SSSR count). The van der Waals surface area contributed by atoms with Crippen LogP contribution in [0, 0.1) is 0 Å². The summed E-state index contributed by atoms with van der Waals surface area (Å²) in [5.41, 5.74) is 15.2. The Morgan fingerprint density at radius 1 is 0.386 bits per heavy atom. The zero-order chi connectivity index (χ0) is 37.7. The van der Waals surface area contributed by atoms with Crippen LogP contribution in [0.4, 0.5) is 17.1 Å². The van der Waals surface area contributed by atoms with Crippen molar-refractivity contribution >= 4 is 72.4 Å². The second kappa shape index (κ2) is 13.7. The summed E-state index contributed by atoms with van der Waals surface area (Å²) in [4.78, 5) is 2.30. The second-order valence-electron chi connectivity index (χ2n) is 14.4. The number of hydrogen-bond acceptors (Lipinski definition) is 4. The number of fused-ring (bicyclic) bond motifs is 5. The molecule has 0 fully saturated rings. The average Bonchev–Trinajstić information content (AvgIpc) is 3.91. The van der Waals surface area contributed by atoms with E-state index in [0.29, 0.717) is 0 Å². The third kappa shape index (κ3) is 5.76. The number of hydrogen-bond donors (Lipinski definition) is 0. The number of aromatic nitrogens is 3. The lowest BCUT2D eigenvalue weighted by atomic mass is 10.0. The van der Waals surface area contributed by atoms with Gasteiger partial charge in [-0.1, -0.05) is 140 Å². The maximum absolute atomic E-state index is 4.94. The van der Waals surface area contributed by atoms with Gasteiger partial charge in [-0.25, -0.2) is 0 Å². The van der Waals surface area contributed by atoms with Crippen LogP contribution < -0.4 is 4.90 Å². The highest BCUT2D eigenvalue weighted by Crippen LogP contribution is 2.43. The van der Waals surface area contributed by atoms with Gasteiger partial charge in [-0.15, -0.1) is 0 Å². The maximum atomic E-state index is 4.94. The largest absolute Gasteiger partial charge is 0.309 e. The van der Waals surface area contributed by atoms with Gasteiger partial charge in [0, 0.05) is 33.4 Å². The molecule has 0 atom stereocenters. The van der Waals surface area contributed by atoms with Gasteiger partial charge in [0.15, 0.2) is 0 Å². The Balaban J connectivity index is 1.00. The van der Waals surface area contributed by atoms with Crippen molar-refractivity contribution in [3.05, 3.63) is 206 Å². The third-order valence-corrected chi connectivity index (χ3v) is 11.6. The standard InChI is InChI=1S/C52H34N4S/c1-3-11-35(12-4-1)37-19-25-42(26-20-37)55(43-27-21-38(22-28-43)36-13-5-2-6-14-36)49-32-31-45(51-52(49)54-57-53-51)39-23-29-44(30-24-39)56-48-18-10-9-17-46(48)47-33-40-15-7-8-16-41(40)34-50(47)56/h1-34H.